The zero-order chi connectivity index (χ0) is 24.8. The number of sulfonamides is 1. The summed E-state index contributed by atoms with van der Waals surface area (Å²) in [5.41, 5.74) is 2.36. The summed E-state index contributed by atoms with van der Waals surface area (Å²) >= 11 is 0. The predicted molar refractivity (Wildman–Crippen MR) is 134 cm³/mol. The Morgan fingerprint density at radius 2 is 1.89 bits per heavy atom. The molecule has 2 aromatic carbocycles. The Labute approximate surface area is 206 Å². The summed E-state index contributed by atoms with van der Waals surface area (Å²) < 4.78 is 35.2. The second-order valence-corrected chi connectivity index (χ2v) is 10.5. The van der Waals surface area contributed by atoms with Crippen molar-refractivity contribution in [2.75, 3.05) is 38.6 Å². The Bertz CT molecular complexity index is 1250. The number of para-hydroxylation sites is 1. The molecule has 0 bridgehead atoms. The van der Waals surface area contributed by atoms with Crippen LogP contribution >= 0.6 is 0 Å². The maximum absolute atomic E-state index is 13.2. The minimum absolute atomic E-state index is 0.0840. The van der Waals surface area contributed by atoms with Crippen molar-refractivity contribution in [1.82, 2.24) is 19.0 Å². The van der Waals surface area contributed by atoms with E-state index >= 15 is 0 Å². The topological polar surface area (TPSA) is 96.8 Å². The van der Waals surface area contributed by atoms with Crippen LogP contribution in [0, 0.1) is 0 Å². The molecule has 4 rings (SSSR count). The van der Waals surface area contributed by atoms with E-state index in [9.17, 15) is 13.2 Å². The van der Waals surface area contributed by atoms with Gasteiger partial charge in [-0.3, -0.25) is 9.69 Å². The van der Waals surface area contributed by atoms with Crippen LogP contribution < -0.4 is 10.1 Å². The number of carbonyl (C=O) groups is 1. The van der Waals surface area contributed by atoms with Gasteiger partial charge in [0.2, 0.25) is 15.9 Å². The maximum atomic E-state index is 13.2. The molecule has 1 fully saturated rings. The van der Waals surface area contributed by atoms with Crippen molar-refractivity contribution in [2.45, 2.75) is 31.2 Å². The fraction of sp³-hybridized carbons (Fsp3) is 0.360. The second-order valence-electron chi connectivity index (χ2n) is 8.55. The van der Waals surface area contributed by atoms with Crippen molar-refractivity contribution in [3.63, 3.8) is 0 Å². The first-order valence-electron chi connectivity index (χ1n) is 11.7. The summed E-state index contributed by atoms with van der Waals surface area (Å²) in [5, 5.41) is 7.21. The van der Waals surface area contributed by atoms with E-state index in [1.807, 2.05) is 48.5 Å². The molecular formula is C25H31N5O4S. The standard InChI is InChI=1S/C25H31N5O4S/c1-3-34-23-12-11-21(15-24(23)35(32,33)29-13-7-8-14-29)27-25(31)19-28(2)17-20-16-26-30(18-20)22-9-5-4-6-10-22/h4-6,9-12,15-16,18H,3,7-8,13-14,17,19H2,1-2H3,(H,27,31). The summed E-state index contributed by atoms with van der Waals surface area (Å²) in [6.45, 7) is 3.82. The van der Waals surface area contributed by atoms with E-state index in [0.29, 0.717) is 37.7 Å². The smallest absolute Gasteiger partial charge is 0.246 e. The van der Waals surface area contributed by atoms with E-state index in [-0.39, 0.29) is 17.3 Å². The third-order valence-electron chi connectivity index (χ3n) is 5.73. The quantitative estimate of drug-likeness (QED) is 0.462. The molecule has 1 N–H and O–H groups in total. The van der Waals surface area contributed by atoms with Gasteiger partial charge in [-0.2, -0.15) is 9.40 Å². The third-order valence-corrected chi connectivity index (χ3v) is 7.65. The Morgan fingerprint density at radius 1 is 1.14 bits per heavy atom. The lowest BCUT2D eigenvalue weighted by Gasteiger charge is -2.19. The fourth-order valence-corrected chi connectivity index (χ4v) is 5.78. The number of benzene rings is 2. The molecule has 0 saturated carbocycles. The number of nitrogens with one attached hydrogen (secondary N) is 1. The van der Waals surface area contributed by atoms with E-state index in [4.69, 9.17) is 4.74 Å². The van der Waals surface area contributed by atoms with Crippen molar-refractivity contribution in [3.8, 4) is 11.4 Å². The van der Waals surface area contributed by atoms with Crippen LogP contribution in [-0.2, 0) is 21.4 Å². The van der Waals surface area contributed by atoms with E-state index in [1.165, 1.54) is 10.4 Å². The molecule has 0 unspecified atom stereocenters. The highest BCUT2D eigenvalue weighted by Gasteiger charge is 2.30. The molecule has 0 atom stereocenters. The molecule has 9 nitrogen and oxygen atoms in total. The van der Waals surface area contributed by atoms with E-state index in [1.54, 1.807) is 29.9 Å². The molecule has 1 aliphatic heterocycles. The Balaban J connectivity index is 1.41. The SMILES string of the molecule is CCOc1ccc(NC(=O)CN(C)Cc2cnn(-c3ccccc3)c2)cc1S(=O)(=O)N1CCCC1. The van der Waals surface area contributed by atoms with Gasteiger partial charge in [-0.1, -0.05) is 18.2 Å². The highest BCUT2D eigenvalue weighted by molar-refractivity contribution is 7.89. The zero-order valence-electron chi connectivity index (χ0n) is 20.1. The molecule has 2 heterocycles. The van der Waals surface area contributed by atoms with Gasteiger partial charge in [0, 0.05) is 37.1 Å². The van der Waals surface area contributed by atoms with E-state index in [2.05, 4.69) is 10.4 Å². The Kier molecular flexibility index (Phi) is 7.84. The van der Waals surface area contributed by atoms with Crippen molar-refractivity contribution in [2.24, 2.45) is 0 Å². The average molecular weight is 498 g/mol. The maximum Gasteiger partial charge on any atom is 0.246 e. The van der Waals surface area contributed by atoms with Crippen LogP contribution in [0.1, 0.15) is 25.3 Å². The number of hydrogen-bond acceptors (Lipinski definition) is 6. The first-order chi connectivity index (χ1) is 16.9. The molecule has 0 aliphatic carbocycles. The number of nitrogens with zero attached hydrogens (tertiary/aromatic N) is 4. The number of aromatic nitrogens is 2. The number of carbonyl (C=O) groups excluding carboxylic acids is 1. The normalized spacial score (nSPS) is 14.4. The Hall–Kier alpha value is -3.21. The lowest BCUT2D eigenvalue weighted by molar-refractivity contribution is -0.117. The van der Waals surface area contributed by atoms with Gasteiger partial charge < -0.3 is 10.1 Å². The number of ether oxygens (including phenoxy) is 1. The fourth-order valence-electron chi connectivity index (χ4n) is 4.11. The molecule has 35 heavy (non-hydrogen) atoms. The Morgan fingerprint density at radius 3 is 2.60 bits per heavy atom. The van der Waals surface area contributed by atoms with Gasteiger partial charge in [-0.15, -0.1) is 0 Å². The van der Waals surface area contributed by atoms with Crippen LogP contribution in [0.2, 0.25) is 0 Å². The lowest BCUT2D eigenvalue weighted by atomic mass is 10.3. The van der Waals surface area contributed by atoms with Gasteiger partial charge in [0.1, 0.15) is 10.6 Å². The number of likely N-dealkylation sites (N-methyl/N-ethyl adjacent to an activating group) is 1. The van der Waals surface area contributed by atoms with Crippen molar-refractivity contribution < 1.29 is 17.9 Å². The van der Waals surface area contributed by atoms with Crippen LogP contribution in [0.15, 0.2) is 65.8 Å². The third kappa shape index (κ3) is 6.08. The molecule has 0 spiro atoms. The molecule has 1 aromatic heterocycles. The summed E-state index contributed by atoms with van der Waals surface area (Å²) in [6, 6.07) is 14.6. The van der Waals surface area contributed by atoms with Gasteiger partial charge >= 0.3 is 0 Å². The summed E-state index contributed by atoms with van der Waals surface area (Å²) in [5.74, 6) is 0.0570. The second kappa shape index (κ2) is 11.0. The molecule has 1 amide bonds. The van der Waals surface area contributed by atoms with Crippen LogP contribution in [0.25, 0.3) is 5.69 Å². The first-order valence-corrected chi connectivity index (χ1v) is 13.1. The van der Waals surface area contributed by atoms with Crippen LogP contribution in [0.4, 0.5) is 5.69 Å². The zero-order valence-corrected chi connectivity index (χ0v) is 20.9. The van der Waals surface area contributed by atoms with Gasteiger partial charge in [0.25, 0.3) is 0 Å². The van der Waals surface area contributed by atoms with Crippen LogP contribution in [0.3, 0.4) is 0 Å². The van der Waals surface area contributed by atoms with Crippen LogP contribution in [0.5, 0.6) is 5.75 Å². The highest BCUT2D eigenvalue weighted by Crippen LogP contribution is 2.31. The summed E-state index contributed by atoms with van der Waals surface area (Å²) in [6.07, 6.45) is 5.40. The number of hydrogen-bond donors (Lipinski definition) is 1. The number of anilines is 1. The summed E-state index contributed by atoms with van der Waals surface area (Å²) in [7, 11) is -1.85. The highest BCUT2D eigenvalue weighted by atomic mass is 32.2. The number of amides is 1. The largest absolute Gasteiger partial charge is 0.492 e. The molecule has 186 valence electrons. The van der Waals surface area contributed by atoms with Crippen LogP contribution in [-0.4, -0.2) is 66.6 Å². The number of rotatable bonds is 10. The molecular weight excluding hydrogens is 466 g/mol. The summed E-state index contributed by atoms with van der Waals surface area (Å²) in [4.78, 5) is 14.7. The predicted octanol–water partition coefficient (Wildman–Crippen LogP) is 3.13. The minimum atomic E-state index is -3.70. The van der Waals surface area contributed by atoms with Gasteiger partial charge in [0.05, 0.1) is 25.0 Å². The van der Waals surface area contributed by atoms with Crippen molar-refractivity contribution in [3.05, 3.63) is 66.5 Å². The molecule has 3 aromatic rings. The van der Waals surface area contributed by atoms with Gasteiger partial charge in [-0.05, 0) is 57.1 Å². The minimum Gasteiger partial charge on any atom is -0.492 e. The lowest BCUT2D eigenvalue weighted by Crippen LogP contribution is -2.30. The van der Waals surface area contributed by atoms with Gasteiger partial charge in [0.15, 0.2) is 0 Å². The molecule has 1 saturated heterocycles. The van der Waals surface area contributed by atoms with E-state index < -0.39 is 10.0 Å². The van der Waals surface area contributed by atoms with Crippen molar-refractivity contribution in [1.29, 1.82) is 0 Å². The van der Waals surface area contributed by atoms with E-state index in [0.717, 1.165) is 24.1 Å². The van der Waals surface area contributed by atoms with Crippen molar-refractivity contribution >= 4 is 21.6 Å². The monoisotopic (exact) mass is 497 g/mol. The molecule has 0 radical (unpaired) electrons. The molecule has 1 aliphatic rings. The van der Waals surface area contributed by atoms with Gasteiger partial charge in [-0.25, -0.2) is 13.1 Å². The average Bonchev–Trinajstić information content (AvgIpc) is 3.53. The first kappa shape index (κ1) is 24.9. The molecule has 10 heteroatoms.